The van der Waals surface area contributed by atoms with Gasteiger partial charge in [-0.3, -0.25) is 4.79 Å². The Morgan fingerprint density at radius 2 is 1.80 bits per heavy atom. The van der Waals surface area contributed by atoms with Crippen LogP contribution in [-0.4, -0.2) is 17.9 Å². The lowest BCUT2D eigenvalue weighted by molar-refractivity contribution is -0.0901. The first-order chi connectivity index (χ1) is 9.46. The third-order valence-corrected chi connectivity index (χ3v) is 4.23. The normalized spacial score (nSPS) is 17.8. The highest BCUT2D eigenvalue weighted by molar-refractivity contribution is 9.10. The minimum atomic E-state index is -2.63. The Kier molecular flexibility index (Phi) is 3.24. The van der Waals surface area contributed by atoms with Gasteiger partial charge < -0.3 is 5.32 Å². The van der Waals surface area contributed by atoms with Crippen molar-refractivity contribution in [1.29, 1.82) is 0 Å². The molecule has 3 rings (SSSR count). The summed E-state index contributed by atoms with van der Waals surface area (Å²) in [6, 6.07) is 10.6. The number of hydrogen-bond acceptors (Lipinski definition) is 1. The zero-order chi connectivity index (χ0) is 14.3. The van der Waals surface area contributed by atoms with Crippen molar-refractivity contribution in [3.8, 4) is 0 Å². The topological polar surface area (TPSA) is 29.1 Å². The maximum Gasteiger partial charge on any atom is 0.252 e. The monoisotopic (exact) mass is 339 g/mol. The van der Waals surface area contributed by atoms with Gasteiger partial charge in [0.05, 0.1) is 0 Å². The lowest BCUT2D eigenvalue weighted by atomic mass is 9.88. The summed E-state index contributed by atoms with van der Waals surface area (Å²) in [7, 11) is 0. The number of amides is 1. The Hall–Kier alpha value is -1.49. The van der Waals surface area contributed by atoms with E-state index in [1.807, 2.05) is 24.3 Å². The van der Waals surface area contributed by atoms with E-state index in [2.05, 4.69) is 21.2 Å². The maximum atomic E-state index is 12.8. The Labute approximate surface area is 123 Å². The minimum absolute atomic E-state index is 0.271. The molecule has 0 aliphatic heterocycles. The summed E-state index contributed by atoms with van der Waals surface area (Å²) in [4.78, 5) is 12.2. The van der Waals surface area contributed by atoms with Crippen LogP contribution >= 0.6 is 15.9 Å². The molecule has 2 aromatic carbocycles. The zero-order valence-electron chi connectivity index (χ0n) is 10.5. The molecule has 1 aliphatic rings. The summed E-state index contributed by atoms with van der Waals surface area (Å²) in [5.74, 6) is -2.92. The molecular weight excluding hydrogens is 328 g/mol. The molecule has 1 amide bonds. The van der Waals surface area contributed by atoms with Gasteiger partial charge in [-0.15, -0.1) is 0 Å². The van der Waals surface area contributed by atoms with Gasteiger partial charge in [0.15, 0.2) is 0 Å². The van der Waals surface area contributed by atoms with E-state index in [4.69, 9.17) is 0 Å². The summed E-state index contributed by atoms with van der Waals surface area (Å²) in [5.41, 5.74) is 0.513. The van der Waals surface area contributed by atoms with Crippen LogP contribution in [0.15, 0.2) is 40.9 Å². The Morgan fingerprint density at radius 1 is 1.15 bits per heavy atom. The number of carbonyl (C=O) groups excluding carboxylic acids is 1. The van der Waals surface area contributed by atoms with Crippen LogP contribution in [0.25, 0.3) is 10.8 Å². The van der Waals surface area contributed by atoms with E-state index in [0.717, 1.165) is 15.2 Å². The van der Waals surface area contributed by atoms with Crippen molar-refractivity contribution in [2.75, 3.05) is 0 Å². The number of alkyl halides is 2. The van der Waals surface area contributed by atoms with Crippen LogP contribution in [0.3, 0.4) is 0 Å². The van der Waals surface area contributed by atoms with Crippen molar-refractivity contribution < 1.29 is 13.6 Å². The molecule has 0 atom stereocenters. The molecule has 20 heavy (non-hydrogen) atoms. The van der Waals surface area contributed by atoms with Gasteiger partial charge in [-0.1, -0.05) is 40.2 Å². The Balaban J connectivity index is 1.87. The maximum absolute atomic E-state index is 12.8. The van der Waals surface area contributed by atoms with Crippen LogP contribution in [0.1, 0.15) is 23.2 Å². The van der Waals surface area contributed by atoms with Crippen molar-refractivity contribution in [2.24, 2.45) is 0 Å². The van der Waals surface area contributed by atoms with Crippen LogP contribution in [0, 0.1) is 0 Å². The summed E-state index contributed by atoms with van der Waals surface area (Å²) < 4.78 is 26.5. The highest BCUT2D eigenvalue weighted by atomic mass is 79.9. The third-order valence-electron chi connectivity index (χ3n) is 3.54. The molecule has 1 saturated carbocycles. The summed E-state index contributed by atoms with van der Waals surface area (Å²) in [6.07, 6.45) is -0.541. The third kappa shape index (κ3) is 2.42. The van der Waals surface area contributed by atoms with E-state index < -0.39 is 12.0 Å². The van der Waals surface area contributed by atoms with Gasteiger partial charge in [-0.2, -0.15) is 0 Å². The van der Waals surface area contributed by atoms with E-state index >= 15 is 0 Å². The van der Waals surface area contributed by atoms with Gasteiger partial charge in [0.25, 0.3) is 11.8 Å². The van der Waals surface area contributed by atoms with Crippen LogP contribution in [0.2, 0.25) is 0 Å². The second-order valence-corrected chi connectivity index (χ2v) is 5.93. The van der Waals surface area contributed by atoms with E-state index in [0.29, 0.717) is 5.56 Å². The fourth-order valence-corrected chi connectivity index (χ4v) is 2.99. The average molecular weight is 340 g/mol. The van der Waals surface area contributed by atoms with Crippen molar-refractivity contribution in [3.63, 3.8) is 0 Å². The number of fused-ring (bicyclic) bond motifs is 1. The van der Waals surface area contributed by atoms with Gasteiger partial charge in [0, 0.05) is 28.9 Å². The van der Waals surface area contributed by atoms with E-state index in [-0.39, 0.29) is 18.7 Å². The minimum Gasteiger partial charge on any atom is -0.349 e. The fourth-order valence-electron chi connectivity index (χ4n) is 2.50. The van der Waals surface area contributed by atoms with Crippen LogP contribution in [0.4, 0.5) is 8.78 Å². The SMILES string of the molecule is O=C(NC1CC(F)(F)C1)c1cccc2c(Br)cccc12. The lowest BCUT2D eigenvalue weighted by Crippen LogP contribution is -2.50. The van der Waals surface area contributed by atoms with Crippen molar-refractivity contribution in [3.05, 3.63) is 46.4 Å². The van der Waals surface area contributed by atoms with Gasteiger partial charge in [0.1, 0.15) is 0 Å². The predicted octanol–water partition coefficient (Wildman–Crippen LogP) is 4.13. The van der Waals surface area contributed by atoms with E-state index in [9.17, 15) is 13.6 Å². The van der Waals surface area contributed by atoms with Crippen LogP contribution in [0.5, 0.6) is 0 Å². The molecule has 0 saturated heterocycles. The summed E-state index contributed by atoms with van der Waals surface area (Å²) >= 11 is 3.44. The van der Waals surface area contributed by atoms with Gasteiger partial charge in [-0.05, 0) is 22.9 Å². The summed E-state index contributed by atoms with van der Waals surface area (Å²) in [5, 5.41) is 4.41. The quantitative estimate of drug-likeness (QED) is 0.875. The number of nitrogens with one attached hydrogen (secondary N) is 1. The fraction of sp³-hybridized carbons (Fsp3) is 0.267. The number of halogens is 3. The second-order valence-electron chi connectivity index (χ2n) is 5.08. The van der Waals surface area contributed by atoms with E-state index in [1.54, 1.807) is 12.1 Å². The Bertz CT molecular complexity index is 679. The molecule has 0 heterocycles. The predicted molar refractivity (Wildman–Crippen MR) is 77.1 cm³/mol. The molecule has 104 valence electrons. The zero-order valence-corrected chi connectivity index (χ0v) is 12.1. The number of carbonyl (C=O) groups is 1. The standard InChI is InChI=1S/C15H12BrF2NO/c16-13-6-2-3-10-11(13)4-1-5-12(10)14(20)19-9-7-15(17,18)8-9/h1-6,9H,7-8H2,(H,19,20). The molecule has 0 aromatic heterocycles. The lowest BCUT2D eigenvalue weighted by Gasteiger charge is -2.35. The largest absolute Gasteiger partial charge is 0.349 e. The van der Waals surface area contributed by atoms with Crippen molar-refractivity contribution in [1.82, 2.24) is 5.32 Å². The van der Waals surface area contributed by atoms with Crippen molar-refractivity contribution >= 4 is 32.6 Å². The second kappa shape index (κ2) is 4.81. The van der Waals surface area contributed by atoms with Crippen LogP contribution in [-0.2, 0) is 0 Å². The first-order valence-electron chi connectivity index (χ1n) is 6.32. The van der Waals surface area contributed by atoms with Crippen molar-refractivity contribution in [2.45, 2.75) is 24.8 Å². The molecule has 0 bridgehead atoms. The first kappa shape index (κ1) is 13.5. The molecule has 1 N–H and O–H groups in total. The molecule has 0 unspecified atom stereocenters. The Morgan fingerprint density at radius 3 is 2.50 bits per heavy atom. The number of rotatable bonds is 2. The average Bonchev–Trinajstić information content (AvgIpc) is 2.36. The highest BCUT2D eigenvalue weighted by Crippen LogP contribution is 2.37. The molecule has 2 aromatic rings. The molecule has 2 nitrogen and oxygen atoms in total. The van der Waals surface area contributed by atoms with E-state index in [1.165, 1.54) is 0 Å². The smallest absolute Gasteiger partial charge is 0.252 e. The van der Waals surface area contributed by atoms with Gasteiger partial charge >= 0.3 is 0 Å². The van der Waals surface area contributed by atoms with Crippen LogP contribution < -0.4 is 5.32 Å². The molecular formula is C15H12BrF2NO. The van der Waals surface area contributed by atoms with Gasteiger partial charge in [-0.25, -0.2) is 8.78 Å². The first-order valence-corrected chi connectivity index (χ1v) is 7.11. The molecule has 0 spiro atoms. The highest BCUT2D eigenvalue weighted by Gasteiger charge is 2.45. The molecule has 5 heteroatoms. The number of benzene rings is 2. The van der Waals surface area contributed by atoms with Gasteiger partial charge in [0.2, 0.25) is 0 Å². The molecule has 0 radical (unpaired) electrons. The molecule has 1 fully saturated rings. The molecule has 1 aliphatic carbocycles. The number of hydrogen-bond donors (Lipinski definition) is 1. The summed E-state index contributed by atoms with van der Waals surface area (Å²) in [6.45, 7) is 0.